The number of alkyl halides is 1. The van der Waals surface area contributed by atoms with Crippen molar-refractivity contribution in [2.45, 2.75) is 19.5 Å². The molecule has 1 rings (SSSR count). The van der Waals surface area contributed by atoms with E-state index in [-0.39, 0.29) is 6.42 Å². The maximum absolute atomic E-state index is 13.0. The van der Waals surface area contributed by atoms with E-state index < -0.39 is 12.1 Å². The molecule has 1 atom stereocenters. The molecule has 1 aromatic carbocycles. The first-order valence-corrected chi connectivity index (χ1v) is 4.57. The van der Waals surface area contributed by atoms with E-state index >= 15 is 0 Å². The zero-order chi connectivity index (χ0) is 11.4. The molecule has 0 aliphatic rings. The first kappa shape index (κ1) is 11.5. The minimum Gasteiger partial charge on any atom is -0.496 e. The number of carboxylic acids is 1. The number of hydrogen-bond acceptors (Lipinski definition) is 2. The standard InChI is InChI=1S/C11H13FO3/c1-7(12)8-3-4-10(15-2)9(5-8)6-11(13)14/h3-5,7H,6H2,1-2H3,(H,13,14). The number of aliphatic carboxylic acids is 1. The van der Waals surface area contributed by atoms with Crippen molar-refractivity contribution >= 4 is 5.97 Å². The molecular weight excluding hydrogens is 199 g/mol. The van der Waals surface area contributed by atoms with Gasteiger partial charge in [-0.05, 0) is 24.6 Å². The maximum atomic E-state index is 13.0. The first-order chi connectivity index (χ1) is 7.04. The second-order valence-corrected chi connectivity index (χ2v) is 3.26. The van der Waals surface area contributed by atoms with Crippen molar-refractivity contribution in [1.82, 2.24) is 0 Å². The van der Waals surface area contributed by atoms with Crippen LogP contribution in [0.3, 0.4) is 0 Å². The Hall–Kier alpha value is -1.58. The van der Waals surface area contributed by atoms with E-state index in [2.05, 4.69) is 0 Å². The number of carbonyl (C=O) groups is 1. The molecule has 4 heteroatoms. The number of halogens is 1. The zero-order valence-electron chi connectivity index (χ0n) is 8.66. The topological polar surface area (TPSA) is 46.5 Å². The van der Waals surface area contributed by atoms with Crippen LogP contribution < -0.4 is 4.74 Å². The molecule has 15 heavy (non-hydrogen) atoms. The van der Waals surface area contributed by atoms with Crippen LogP contribution in [0.5, 0.6) is 5.75 Å². The van der Waals surface area contributed by atoms with Crippen LogP contribution in [0.1, 0.15) is 24.2 Å². The van der Waals surface area contributed by atoms with Crippen LogP contribution >= 0.6 is 0 Å². The van der Waals surface area contributed by atoms with E-state index in [1.807, 2.05) is 0 Å². The highest BCUT2D eigenvalue weighted by molar-refractivity contribution is 5.71. The fourth-order valence-electron chi connectivity index (χ4n) is 1.35. The van der Waals surface area contributed by atoms with Crippen LogP contribution in [0.4, 0.5) is 4.39 Å². The lowest BCUT2D eigenvalue weighted by atomic mass is 10.0. The van der Waals surface area contributed by atoms with E-state index in [9.17, 15) is 9.18 Å². The Morgan fingerprint density at radius 3 is 2.73 bits per heavy atom. The van der Waals surface area contributed by atoms with Crippen LogP contribution in [0.25, 0.3) is 0 Å². The van der Waals surface area contributed by atoms with Crippen molar-refractivity contribution in [3.63, 3.8) is 0 Å². The summed E-state index contributed by atoms with van der Waals surface area (Å²) in [5.74, 6) is -0.487. The highest BCUT2D eigenvalue weighted by Gasteiger charge is 2.11. The summed E-state index contributed by atoms with van der Waals surface area (Å²) < 4.78 is 18.0. The minimum absolute atomic E-state index is 0.163. The SMILES string of the molecule is COc1ccc(C(C)F)cc1CC(=O)O. The van der Waals surface area contributed by atoms with Crippen molar-refractivity contribution < 1.29 is 19.0 Å². The number of rotatable bonds is 4. The monoisotopic (exact) mass is 212 g/mol. The number of hydrogen-bond donors (Lipinski definition) is 1. The van der Waals surface area contributed by atoms with Gasteiger partial charge in [0.1, 0.15) is 11.9 Å². The summed E-state index contributed by atoms with van der Waals surface area (Å²) >= 11 is 0. The second kappa shape index (κ2) is 4.77. The van der Waals surface area contributed by atoms with Crippen LogP contribution in [0.15, 0.2) is 18.2 Å². The van der Waals surface area contributed by atoms with Gasteiger partial charge in [0.15, 0.2) is 0 Å². The molecule has 0 heterocycles. The molecular formula is C11H13FO3. The van der Waals surface area contributed by atoms with Gasteiger partial charge in [-0.3, -0.25) is 4.79 Å². The van der Waals surface area contributed by atoms with E-state index in [4.69, 9.17) is 9.84 Å². The van der Waals surface area contributed by atoms with Crippen molar-refractivity contribution in [2.24, 2.45) is 0 Å². The fourth-order valence-corrected chi connectivity index (χ4v) is 1.35. The summed E-state index contributed by atoms with van der Waals surface area (Å²) in [6, 6.07) is 4.70. The van der Waals surface area contributed by atoms with Gasteiger partial charge in [-0.15, -0.1) is 0 Å². The predicted molar refractivity (Wildman–Crippen MR) is 53.9 cm³/mol. The lowest BCUT2D eigenvalue weighted by molar-refractivity contribution is -0.136. The van der Waals surface area contributed by atoms with Gasteiger partial charge in [-0.2, -0.15) is 0 Å². The van der Waals surface area contributed by atoms with E-state index in [1.54, 1.807) is 12.1 Å². The number of ether oxygens (including phenoxy) is 1. The lowest BCUT2D eigenvalue weighted by Crippen LogP contribution is -2.03. The summed E-state index contributed by atoms with van der Waals surface area (Å²) in [6.45, 7) is 1.41. The zero-order valence-corrected chi connectivity index (χ0v) is 8.66. The molecule has 0 aliphatic heterocycles. The predicted octanol–water partition coefficient (Wildman–Crippen LogP) is 2.35. The number of benzene rings is 1. The Morgan fingerprint density at radius 2 is 2.27 bits per heavy atom. The lowest BCUT2D eigenvalue weighted by Gasteiger charge is -2.09. The molecule has 0 radical (unpaired) electrons. The Kier molecular flexibility index (Phi) is 3.66. The van der Waals surface area contributed by atoms with Crippen LogP contribution in [0, 0.1) is 0 Å². The molecule has 0 bridgehead atoms. The van der Waals surface area contributed by atoms with Crippen molar-refractivity contribution in [1.29, 1.82) is 0 Å². The number of methoxy groups -OCH3 is 1. The normalized spacial score (nSPS) is 12.2. The quantitative estimate of drug-likeness (QED) is 0.833. The molecule has 3 nitrogen and oxygen atoms in total. The average molecular weight is 212 g/mol. The van der Waals surface area contributed by atoms with Gasteiger partial charge >= 0.3 is 5.97 Å². The molecule has 0 amide bonds. The molecule has 0 fully saturated rings. The third kappa shape index (κ3) is 2.94. The Balaban J connectivity index is 3.07. The van der Waals surface area contributed by atoms with Gasteiger partial charge in [0.2, 0.25) is 0 Å². The van der Waals surface area contributed by atoms with Crippen LogP contribution in [0.2, 0.25) is 0 Å². The average Bonchev–Trinajstić information content (AvgIpc) is 2.16. The van der Waals surface area contributed by atoms with Crippen LogP contribution in [-0.2, 0) is 11.2 Å². The van der Waals surface area contributed by atoms with Crippen LogP contribution in [-0.4, -0.2) is 18.2 Å². The third-order valence-corrected chi connectivity index (χ3v) is 2.11. The van der Waals surface area contributed by atoms with Crippen molar-refractivity contribution in [3.8, 4) is 5.75 Å². The summed E-state index contributed by atoms with van der Waals surface area (Å²) in [4.78, 5) is 10.6. The maximum Gasteiger partial charge on any atom is 0.307 e. The summed E-state index contributed by atoms with van der Waals surface area (Å²) in [7, 11) is 1.46. The largest absolute Gasteiger partial charge is 0.496 e. The van der Waals surface area contributed by atoms with Gasteiger partial charge in [-0.25, -0.2) is 4.39 Å². The molecule has 1 N–H and O–H groups in total. The molecule has 0 aliphatic carbocycles. The summed E-state index contributed by atoms with van der Waals surface area (Å²) in [5, 5.41) is 8.67. The van der Waals surface area contributed by atoms with Gasteiger partial charge in [0.25, 0.3) is 0 Å². The summed E-state index contributed by atoms with van der Waals surface area (Å²) in [5.41, 5.74) is 0.957. The van der Waals surface area contributed by atoms with Crippen molar-refractivity contribution in [3.05, 3.63) is 29.3 Å². The second-order valence-electron chi connectivity index (χ2n) is 3.26. The molecule has 1 aromatic rings. The van der Waals surface area contributed by atoms with Gasteiger partial charge < -0.3 is 9.84 Å². The van der Waals surface area contributed by atoms with Gasteiger partial charge in [-0.1, -0.05) is 6.07 Å². The molecule has 82 valence electrons. The first-order valence-electron chi connectivity index (χ1n) is 4.57. The van der Waals surface area contributed by atoms with E-state index in [1.165, 1.54) is 20.1 Å². The molecule has 0 saturated carbocycles. The Morgan fingerprint density at radius 1 is 1.60 bits per heavy atom. The molecule has 1 unspecified atom stereocenters. The highest BCUT2D eigenvalue weighted by Crippen LogP contribution is 2.25. The molecule has 0 spiro atoms. The number of carboxylic acid groups (broad SMARTS) is 1. The Bertz CT molecular complexity index is 361. The van der Waals surface area contributed by atoms with Gasteiger partial charge in [0.05, 0.1) is 13.5 Å². The highest BCUT2D eigenvalue weighted by atomic mass is 19.1. The minimum atomic E-state index is -1.11. The van der Waals surface area contributed by atoms with E-state index in [0.29, 0.717) is 16.9 Å². The van der Waals surface area contributed by atoms with Gasteiger partial charge in [0, 0.05) is 5.56 Å². The molecule has 0 saturated heterocycles. The third-order valence-electron chi connectivity index (χ3n) is 2.11. The fraction of sp³-hybridized carbons (Fsp3) is 0.364. The summed E-state index contributed by atoms with van der Waals surface area (Å²) in [6.07, 6.45) is -1.27. The van der Waals surface area contributed by atoms with Crippen molar-refractivity contribution in [2.75, 3.05) is 7.11 Å². The Labute approximate surface area is 87.5 Å². The van der Waals surface area contributed by atoms with E-state index in [0.717, 1.165) is 0 Å². The molecule has 0 aromatic heterocycles. The smallest absolute Gasteiger partial charge is 0.307 e.